The molecule has 29 heavy (non-hydrogen) atoms. The van der Waals surface area contributed by atoms with Crippen LogP contribution in [-0.2, 0) is 13.1 Å². The summed E-state index contributed by atoms with van der Waals surface area (Å²) in [6.45, 7) is 1.15. The van der Waals surface area contributed by atoms with Gasteiger partial charge in [0.1, 0.15) is 17.7 Å². The molecule has 8 nitrogen and oxygen atoms in total. The molecule has 0 radical (unpaired) electrons. The second-order valence-corrected chi connectivity index (χ2v) is 7.53. The lowest BCUT2D eigenvalue weighted by Crippen LogP contribution is -2.29. The lowest BCUT2D eigenvalue weighted by molar-refractivity contribution is 0.313. The smallest absolute Gasteiger partial charge is 0.352 e. The zero-order valence-electron chi connectivity index (χ0n) is 16.4. The normalized spacial score (nSPS) is 14.2. The SMILES string of the molecule is COc1ccc(Cn2c(=O)n3ncnc3c3ccc(CN(C)C4CC4)nc32)cc1. The van der Waals surface area contributed by atoms with Gasteiger partial charge in [-0.2, -0.15) is 9.61 Å². The fourth-order valence-electron chi connectivity index (χ4n) is 3.68. The van der Waals surface area contributed by atoms with E-state index in [9.17, 15) is 4.79 Å². The van der Waals surface area contributed by atoms with E-state index in [4.69, 9.17) is 9.72 Å². The molecule has 0 N–H and O–H groups in total. The number of methoxy groups -OCH3 is 1. The molecule has 1 aliphatic carbocycles. The molecule has 3 aromatic heterocycles. The number of nitrogens with zero attached hydrogens (tertiary/aromatic N) is 6. The van der Waals surface area contributed by atoms with Crippen molar-refractivity contribution in [3.63, 3.8) is 0 Å². The Bertz CT molecular complexity index is 1240. The average Bonchev–Trinajstić information content (AvgIpc) is 3.48. The summed E-state index contributed by atoms with van der Waals surface area (Å²) in [6.07, 6.45) is 3.89. The number of benzene rings is 1. The van der Waals surface area contributed by atoms with Crippen LogP contribution in [0.3, 0.4) is 0 Å². The van der Waals surface area contributed by atoms with Crippen LogP contribution < -0.4 is 10.4 Å². The summed E-state index contributed by atoms with van der Waals surface area (Å²) in [4.78, 5) is 24.6. The van der Waals surface area contributed by atoms with Gasteiger partial charge in [0, 0.05) is 12.6 Å². The van der Waals surface area contributed by atoms with Crippen LogP contribution in [0.25, 0.3) is 16.7 Å². The van der Waals surface area contributed by atoms with Crippen LogP contribution in [0.4, 0.5) is 0 Å². The Hall–Kier alpha value is -3.26. The molecule has 0 unspecified atom stereocenters. The van der Waals surface area contributed by atoms with Crippen LogP contribution in [0.5, 0.6) is 5.75 Å². The van der Waals surface area contributed by atoms with Gasteiger partial charge in [0.2, 0.25) is 0 Å². The largest absolute Gasteiger partial charge is 0.497 e. The summed E-state index contributed by atoms with van der Waals surface area (Å²) >= 11 is 0. The summed E-state index contributed by atoms with van der Waals surface area (Å²) in [5, 5.41) is 4.93. The fourth-order valence-corrected chi connectivity index (χ4v) is 3.68. The molecule has 3 heterocycles. The van der Waals surface area contributed by atoms with Crippen LogP contribution in [0.2, 0.25) is 0 Å². The van der Waals surface area contributed by atoms with Crippen molar-refractivity contribution in [1.82, 2.24) is 29.0 Å². The highest BCUT2D eigenvalue weighted by molar-refractivity contribution is 5.88. The number of rotatable bonds is 6. The van der Waals surface area contributed by atoms with Gasteiger partial charge in [-0.05, 0) is 49.7 Å². The number of fused-ring (bicyclic) bond motifs is 3. The standard InChI is InChI=1S/C21H22N6O2/c1-25(16-6-7-16)12-15-5-10-18-19-22-13-23-27(19)21(28)26(20(18)24-15)11-14-3-8-17(29-2)9-4-14/h3-5,8-10,13,16H,6-7,11-12H2,1-2H3. The Balaban J connectivity index is 1.63. The molecule has 1 aromatic carbocycles. The zero-order chi connectivity index (χ0) is 20.0. The average molecular weight is 390 g/mol. The quantitative estimate of drug-likeness (QED) is 0.502. The van der Waals surface area contributed by atoms with Crippen molar-refractivity contribution in [2.45, 2.75) is 32.0 Å². The Morgan fingerprint density at radius 1 is 1.14 bits per heavy atom. The second kappa shape index (κ2) is 6.97. The highest BCUT2D eigenvalue weighted by Gasteiger charge is 2.26. The van der Waals surface area contributed by atoms with E-state index in [2.05, 4.69) is 22.0 Å². The first-order chi connectivity index (χ1) is 14.1. The third-order valence-electron chi connectivity index (χ3n) is 5.47. The van der Waals surface area contributed by atoms with Crippen molar-refractivity contribution in [3.8, 4) is 5.75 Å². The van der Waals surface area contributed by atoms with E-state index < -0.39 is 0 Å². The number of pyridine rings is 1. The molecule has 5 rings (SSSR count). The Morgan fingerprint density at radius 3 is 2.66 bits per heavy atom. The maximum atomic E-state index is 13.1. The molecule has 0 aliphatic heterocycles. The number of hydrogen-bond acceptors (Lipinski definition) is 6. The van der Waals surface area contributed by atoms with Crippen molar-refractivity contribution in [3.05, 3.63) is 64.5 Å². The molecular formula is C21H22N6O2. The van der Waals surface area contributed by atoms with Gasteiger partial charge < -0.3 is 4.74 Å². The maximum absolute atomic E-state index is 13.1. The van der Waals surface area contributed by atoms with Crippen LogP contribution in [-0.4, -0.2) is 49.2 Å². The lowest BCUT2D eigenvalue weighted by Gasteiger charge is -2.16. The molecule has 0 saturated heterocycles. The van der Waals surface area contributed by atoms with E-state index in [1.54, 1.807) is 11.7 Å². The van der Waals surface area contributed by atoms with Gasteiger partial charge in [-0.1, -0.05) is 12.1 Å². The molecule has 1 fully saturated rings. The van der Waals surface area contributed by atoms with Crippen molar-refractivity contribution < 1.29 is 4.74 Å². The van der Waals surface area contributed by atoms with E-state index in [-0.39, 0.29) is 5.69 Å². The first-order valence-electron chi connectivity index (χ1n) is 9.69. The van der Waals surface area contributed by atoms with Crippen molar-refractivity contribution in [2.75, 3.05) is 14.2 Å². The van der Waals surface area contributed by atoms with E-state index in [0.29, 0.717) is 23.9 Å². The Morgan fingerprint density at radius 2 is 1.93 bits per heavy atom. The monoisotopic (exact) mass is 390 g/mol. The third kappa shape index (κ3) is 3.25. The summed E-state index contributed by atoms with van der Waals surface area (Å²) in [7, 11) is 3.76. The van der Waals surface area contributed by atoms with Crippen molar-refractivity contribution in [1.29, 1.82) is 0 Å². The van der Waals surface area contributed by atoms with Crippen LogP contribution in [0, 0.1) is 0 Å². The minimum atomic E-state index is -0.249. The van der Waals surface area contributed by atoms with Gasteiger partial charge in [0.25, 0.3) is 0 Å². The zero-order valence-corrected chi connectivity index (χ0v) is 16.4. The number of ether oxygens (including phenoxy) is 1. The molecule has 0 spiro atoms. The summed E-state index contributed by atoms with van der Waals surface area (Å²) in [6, 6.07) is 12.3. The summed E-state index contributed by atoms with van der Waals surface area (Å²) in [5.74, 6) is 0.779. The molecule has 0 atom stereocenters. The van der Waals surface area contributed by atoms with E-state index in [1.165, 1.54) is 23.7 Å². The third-order valence-corrected chi connectivity index (χ3v) is 5.47. The minimum Gasteiger partial charge on any atom is -0.497 e. The van der Waals surface area contributed by atoms with Crippen LogP contribution in [0.1, 0.15) is 24.1 Å². The van der Waals surface area contributed by atoms with E-state index >= 15 is 0 Å². The van der Waals surface area contributed by atoms with E-state index in [0.717, 1.165) is 28.9 Å². The molecule has 1 aliphatic rings. The van der Waals surface area contributed by atoms with Crippen LogP contribution in [0.15, 0.2) is 47.5 Å². The van der Waals surface area contributed by atoms with Gasteiger partial charge >= 0.3 is 5.69 Å². The predicted molar refractivity (Wildman–Crippen MR) is 109 cm³/mol. The molecule has 4 aromatic rings. The molecule has 0 bridgehead atoms. The van der Waals surface area contributed by atoms with Gasteiger partial charge in [-0.15, -0.1) is 0 Å². The molecule has 8 heteroatoms. The van der Waals surface area contributed by atoms with Gasteiger partial charge in [-0.3, -0.25) is 9.47 Å². The molecule has 0 amide bonds. The lowest BCUT2D eigenvalue weighted by atomic mass is 10.2. The highest BCUT2D eigenvalue weighted by Crippen LogP contribution is 2.27. The van der Waals surface area contributed by atoms with Crippen LogP contribution >= 0.6 is 0 Å². The number of hydrogen-bond donors (Lipinski definition) is 0. The molecule has 1 saturated carbocycles. The van der Waals surface area contributed by atoms with E-state index in [1.807, 2.05) is 36.4 Å². The van der Waals surface area contributed by atoms with Gasteiger partial charge in [0.05, 0.1) is 24.7 Å². The molecule has 148 valence electrons. The summed E-state index contributed by atoms with van der Waals surface area (Å²) < 4.78 is 8.23. The Labute approximate surface area is 167 Å². The first-order valence-corrected chi connectivity index (χ1v) is 9.69. The fraction of sp³-hybridized carbons (Fsp3) is 0.333. The number of aromatic nitrogens is 5. The summed E-state index contributed by atoms with van der Waals surface area (Å²) in [5.41, 5.74) is 2.84. The predicted octanol–water partition coefficient (Wildman–Crippen LogP) is 2.09. The minimum absolute atomic E-state index is 0.249. The molecular weight excluding hydrogens is 368 g/mol. The van der Waals surface area contributed by atoms with Crippen molar-refractivity contribution >= 4 is 16.7 Å². The topological polar surface area (TPSA) is 77.5 Å². The first kappa shape index (κ1) is 17.8. The Kier molecular flexibility index (Phi) is 4.28. The van der Waals surface area contributed by atoms with Crippen molar-refractivity contribution in [2.24, 2.45) is 0 Å². The van der Waals surface area contributed by atoms with Gasteiger partial charge in [-0.25, -0.2) is 14.8 Å². The highest BCUT2D eigenvalue weighted by atomic mass is 16.5. The second-order valence-electron chi connectivity index (χ2n) is 7.53. The van der Waals surface area contributed by atoms with Gasteiger partial charge in [0.15, 0.2) is 5.65 Å². The maximum Gasteiger partial charge on any atom is 0.352 e.